The maximum absolute atomic E-state index is 15.6. The molecular weight excluding hydrogens is 483 g/mol. The molecule has 7 rings (SSSR count). The molecule has 1 aliphatic heterocycles. The molecule has 39 heavy (non-hydrogen) atoms. The second-order valence-electron chi connectivity index (χ2n) is 10.4. The first-order valence-corrected chi connectivity index (χ1v) is 13.4. The highest BCUT2D eigenvalue weighted by Gasteiger charge is 2.17. The van der Waals surface area contributed by atoms with Gasteiger partial charge in [-0.15, -0.1) is 0 Å². The van der Waals surface area contributed by atoms with Crippen molar-refractivity contribution in [2.45, 2.75) is 0 Å². The molecule has 4 aromatic carbocycles. The molecule has 0 saturated carbocycles. The Hall–Kier alpha value is -4.48. The number of hydrogen-bond acceptors (Lipinski definition) is 3. The van der Waals surface area contributed by atoms with Crippen molar-refractivity contribution >= 4 is 27.6 Å². The summed E-state index contributed by atoms with van der Waals surface area (Å²) in [5, 5.41) is 1.98. The van der Waals surface area contributed by atoms with Gasteiger partial charge >= 0.3 is 0 Å². The van der Waals surface area contributed by atoms with E-state index >= 15 is 4.39 Å². The molecular formula is C34H29FN4. The molecule has 5 heteroatoms. The van der Waals surface area contributed by atoms with Crippen LogP contribution < -0.4 is 4.90 Å². The van der Waals surface area contributed by atoms with Gasteiger partial charge in [0.25, 0.3) is 0 Å². The first kappa shape index (κ1) is 23.6. The molecule has 6 aromatic rings. The van der Waals surface area contributed by atoms with Crippen molar-refractivity contribution in [3.63, 3.8) is 0 Å². The highest BCUT2D eigenvalue weighted by molar-refractivity contribution is 6.14. The number of aromatic nitrogens is 2. The van der Waals surface area contributed by atoms with Gasteiger partial charge in [0, 0.05) is 59.9 Å². The number of fused-ring (bicyclic) bond motifs is 3. The number of nitrogens with one attached hydrogen (secondary N) is 1. The quantitative estimate of drug-likeness (QED) is 0.264. The number of benzene rings is 4. The molecule has 0 amide bonds. The van der Waals surface area contributed by atoms with Crippen LogP contribution in [0, 0.1) is 5.82 Å². The molecule has 2 aromatic heterocycles. The second-order valence-corrected chi connectivity index (χ2v) is 10.4. The molecule has 1 aliphatic rings. The smallest absolute Gasteiger partial charge is 0.138 e. The van der Waals surface area contributed by atoms with E-state index in [4.69, 9.17) is 0 Å². The van der Waals surface area contributed by atoms with Crippen molar-refractivity contribution in [3.8, 4) is 33.4 Å². The van der Waals surface area contributed by atoms with Gasteiger partial charge in [0.1, 0.15) is 11.5 Å². The van der Waals surface area contributed by atoms with Gasteiger partial charge < -0.3 is 14.8 Å². The third-order valence-corrected chi connectivity index (χ3v) is 7.93. The third-order valence-electron chi connectivity index (χ3n) is 7.93. The lowest BCUT2D eigenvalue weighted by Crippen LogP contribution is -2.44. The van der Waals surface area contributed by atoms with Crippen LogP contribution in [-0.4, -0.2) is 48.1 Å². The third kappa shape index (κ3) is 4.35. The molecule has 3 heterocycles. The van der Waals surface area contributed by atoms with E-state index in [2.05, 4.69) is 69.3 Å². The fraction of sp³-hybridized carbons (Fsp3) is 0.147. The Morgan fingerprint density at radius 2 is 1.38 bits per heavy atom. The number of piperazine rings is 1. The minimum Gasteiger partial charge on any atom is -0.369 e. The maximum Gasteiger partial charge on any atom is 0.138 e. The van der Waals surface area contributed by atoms with Gasteiger partial charge in [-0.05, 0) is 71.3 Å². The number of aromatic amines is 1. The number of pyridine rings is 1. The van der Waals surface area contributed by atoms with Gasteiger partial charge in [0.05, 0.1) is 0 Å². The molecule has 192 valence electrons. The monoisotopic (exact) mass is 512 g/mol. The Balaban J connectivity index is 1.28. The Labute approximate surface area is 227 Å². The van der Waals surface area contributed by atoms with E-state index < -0.39 is 0 Å². The molecule has 0 atom stereocenters. The van der Waals surface area contributed by atoms with E-state index in [9.17, 15) is 0 Å². The topological polar surface area (TPSA) is 35.2 Å². The molecule has 1 saturated heterocycles. The summed E-state index contributed by atoms with van der Waals surface area (Å²) in [4.78, 5) is 12.8. The van der Waals surface area contributed by atoms with Crippen LogP contribution in [0.15, 0.2) is 103 Å². The van der Waals surface area contributed by atoms with E-state index in [-0.39, 0.29) is 5.82 Å². The Morgan fingerprint density at radius 1 is 0.692 bits per heavy atom. The lowest BCUT2D eigenvalue weighted by atomic mass is 9.96. The van der Waals surface area contributed by atoms with Crippen molar-refractivity contribution < 1.29 is 4.39 Å². The summed E-state index contributed by atoms with van der Waals surface area (Å²) >= 11 is 0. The van der Waals surface area contributed by atoms with Crippen LogP contribution >= 0.6 is 0 Å². The first-order chi connectivity index (χ1) is 19.1. The lowest BCUT2D eigenvalue weighted by Gasteiger charge is -2.34. The average molecular weight is 513 g/mol. The van der Waals surface area contributed by atoms with Crippen LogP contribution in [0.1, 0.15) is 0 Å². The van der Waals surface area contributed by atoms with Crippen LogP contribution in [0.2, 0.25) is 0 Å². The Morgan fingerprint density at radius 3 is 2.15 bits per heavy atom. The molecule has 0 unspecified atom stereocenters. The molecule has 0 aliphatic carbocycles. The number of nitrogens with zero attached hydrogens (tertiary/aromatic N) is 3. The van der Waals surface area contributed by atoms with E-state index in [1.807, 2.05) is 48.5 Å². The fourth-order valence-electron chi connectivity index (χ4n) is 5.69. The predicted octanol–water partition coefficient (Wildman–Crippen LogP) is 7.61. The molecule has 4 nitrogen and oxygen atoms in total. The number of halogens is 1. The highest BCUT2D eigenvalue weighted by atomic mass is 19.1. The van der Waals surface area contributed by atoms with Crippen molar-refractivity contribution in [3.05, 3.63) is 109 Å². The van der Waals surface area contributed by atoms with Crippen LogP contribution in [0.25, 0.3) is 55.3 Å². The van der Waals surface area contributed by atoms with Gasteiger partial charge in [-0.1, -0.05) is 60.7 Å². The highest BCUT2D eigenvalue weighted by Crippen LogP contribution is 2.37. The Bertz CT molecular complexity index is 1780. The van der Waals surface area contributed by atoms with Crippen LogP contribution in [0.5, 0.6) is 0 Å². The summed E-state index contributed by atoms with van der Waals surface area (Å²) in [7, 11) is 2.18. The molecule has 1 N–H and O–H groups in total. The van der Waals surface area contributed by atoms with E-state index in [0.29, 0.717) is 5.56 Å². The van der Waals surface area contributed by atoms with E-state index in [1.54, 1.807) is 12.3 Å². The standard InChI is InChI=1S/C34H29FN4/c1-38-17-19-39(20-18-38)27-11-7-24(8-12-27)25-10-14-32-30(21-25)33-29(15-16-36-34(33)37-32)28-13-9-26(22-31(28)35)23-5-3-2-4-6-23/h2-16,21-22H,17-20H2,1H3,(H,36,37). The summed E-state index contributed by atoms with van der Waals surface area (Å²) in [6.07, 6.45) is 1.75. The summed E-state index contributed by atoms with van der Waals surface area (Å²) < 4.78 is 15.6. The normalized spacial score (nSPS) is 14.4. The maximum atomic E-state index is 15.6. The van der Waals surface area contributed by atoms with Crippen molar-refractivity contribution in [1.29, 1.82) is 0 Å². The summed E-state index contributed by atoms with van der Waals surface area (Å²) in [6.45, 7) is 4.28. The second kappa shape index (κ2) is 9.68. The minimum absolute atomic E-state index is 0.242. The van der Waals surface area contributed by atoms with Crippen molar-refractivity contribution in [1.82, 2.24) is 14.9 Å². The minimum atomic E-state index is -0.242. The number of hydrogen-bond donors (Lipinski definition) is 1. The van der Waals surface area contributed by atoms with Crippen LogP contribution in [-0.2, 0) is 0 Å². The van der Waals surface area contributed by atoms with Crippen LogP contribution in [0.3, 0.4) is 0 Å². The SMILES string of the molecule is CN1CCN(c2ccc(-c3ccc4[nH]c5nccc(-c6ccc(-c7ccccc7)cc6F)c5c4c3)cc2)CC1. The summed E-state index contributed by atoms with van der Waals surface area (Å²) in [5.41, 5.74) is 8.58. The van der Waals surface area contributed by atoms with E-state index in [1.165, 1.54) is 5.69 Å². The number of likely N-dealkylation sites (N-methyl/N-ethyl adjacent to an activating group) is 1. The zero-order chi connectivity index (χ0) is 26.3. The van der Waals surface area contributed by atoms with Gasteiger partial charge in [0.2, 0.25) is 0 Å². The molecule has 1 fully saturated rings. The fourth-order valence-corrected chi connectivity index (χ4v) is 5.69. The van der Waals surface area contributed by atoms with Gasteiger partial charge in [-0.3, -0.25) is 0 Å². The summed E-state index contributed by atoms with van der Waals surface area (Å²) in [5.74, 6) is -0.242. The van der Waals surface area contributed by atoms with E-state index in [0.717, 1.165) is 75.9 Å². The molecule has 0 radical (unpaired) electrons. The Kier molecular flexibility index (Phi) is 5.86. The van der Waals surface area contributed by atoms with Gasteiger partial charge in [-0.25, -0.2) is 9.37 Å². The van der Waals surface area contributed by atoms with Crippen LogP contribution in [0.4, 0.5) is 10.1 Å². The average Bonchev–Trinajstić information content (AvgIpc) is 3.36. The number of anilines is 1. The largest absolute Gasteiger partial charge is 0.369 e. The number of rotatable bonds is 4. The lowest BCUT2D eigenvalue weighted by molar-refractivity contribution is 0.313. The first-order valence-electron chi connectivity index (χ1n) is 13.4. The predicted molar refractivity (Wildman–Crippen MR) is 160 cm³/mol. The summed E-state index contributed by atoms with van der Waals surface area (Å²) in [6, 6.07) is 32.6. The number of H-pyrrole nitrogens is 1. The van der Waals surface area contributed by atoms with Gasteiger partial charge in [-0.2, -0.15) is 0 Å². The van der Waals surface area contributed by atoms with Crippen molar-refractivity contribution in [2.24, 2.45) is 0 Å². The zero-order valence-electron chi connectivity index (χ0n) is 21.9. The van der Waals surface area contributed by atoms with Crippen molar-refractivity contribution in [2.75, 3.05) is 38.1 Å². The molecule has 0 spiro atoms. The van der Waals surface area contributed by atoms with Gasteiger partial charge in [0.15, 0.2) is 0 Å². The molecule has 0 bridgehead atoms. The zero-order valence-corrected chi connectivity index (χ0v) is 21.9.